The summed E-state index contributed by atoms with van der Waals surface area (Å²) in [6.45, 7) is 0. The summed E-state index contributed by atoms with van der Waals surface area (Å²) in [6.07, 6.45) is 0.0241. The molecule has 0 radical (unpaired) electrons. The second-order valence-corrected chi connectivity index (χ2v) is 8.90. The van der Waals surface area contributed by atoms with Crippen LogP contribution >= 0.6 is 0 Å². The summed E-state index contributed by atoms with van der Waals surface area (Å²) >= 11 is 0. The zero-order valence-corrected chi connectivity index (χ0v) is 19.4. The van der Waals surface area contributed by atoms with E-state index in [1.807, 2.05) is 60.7 Å². The number of likely N-dealkylation sites (N-methyl/N-ethyl adjacent to an activating group) is 1. The summed E-state index contributed by atoms with van der Waals surface area (Å²) in [7, 11) is 5.10. The van der Waals surface area contributed by atoms with Crippen LogP contribution in [0.5, 0.6) is 5.75 Å². The molecule has 0 fully saturated rings. The van der Waals surface area contributed by atoms with Crippen molar-refractivity contribution in [1.29, 1.82) is 0 Å². The zero-order chi connectivity index (χ0) is 24.0. The van der Waals surface area contributed by atoms with Crippen molar-refractivity contribution in [2.75, 3.05) is 21.1 Å². The maximum absolute atomic E-state index is 13.5. The molecule has 7 nitrogen and oxygen atoms in total. The van der Waals surface area contributed by atoms with Crippen LogP contribution in [0, 0.1) is 0 Å². The normalized spacial score (nSPS) is 21.1. The first-order chi connectivity index (χ1) is 16.3. The minimum atomic E-state index is -1.15. The van der Waals surface area contributed by atoms with Gasteiger partial charge in [-0.15, -0.1) is 0 Å². The Kier molecular flexibility index (Phi) is 5.12. The van der Waals surface area contributed by atoms with Crippen LogP contribution < -0.4 is 10.5 Å². The largest absolute Gasteiger partial charge is 0.485 e. The Morgan fingerprint density at radius 1 is 1.06 bits per heavy atom. The van der Waals surface area contributed by atoms with E-state index in [4.69, 9.17) is 15.5 Å². The SMILES string of the molecule is CN(C)C(=O)c1ccc(-c2ccc3c(c2)C2(CC(c4ccccc4)O3)N=C(N)N(C)C2=O)cc1. The highest BCUT2D eigenvalue weighted by Gasteiger charge is 2.53. The topological polar surface area (TPSA) is 88.2 Å². The fraction of sp³-hybridized carbons (Fsp3) is 0.222. The van der Waals surface area contributed by atoms with Crippen molar-refractivity contribution in [2.45, 2.75) is 18.1 Å². The maximum Gasteiger partial charge on any atom is 0.261 e. The summed E-state index contributed by atoms with van der Waals surface area (Å²) in [5.74, 6) is 0.588. The van der Waals surface area contributed by atoms with Crippen molar-refractivity contribution in [3.63, 3.8) is 0 Å². The van der Waals surface area contributed by atoms with Gasteiger partial charge in [0.25, 0.3) is 11.8 Å². The van der Waals surface area contributed by atoms with E-state index < -0.39 is 5.54 Å². The number of hydrogen-bond donors (Lipinski definition) is 1. The first kappa shape index (κ1) is 21.7. The van der Waals surface area contributed by atoms with Gasteiger partial charge >= 0.3 is 0 Å². The highest BCUT2D eigenvalue weighted by atomic mass is 16.5. The number of guanidine groups is 1. The molecule has 2 unspecified atom stereocenters. The fourth-order valence-corrected chi connectivity index (χ4v) is 4.63. The summed E-state index contributed by atoms with van der Waals surface area (Å²) in [5, 5.41) is 0. The first-order valence-electron chi connectivity index (χ1n) is 11.1. The van der Waals surface area contributed by atoms with Crippen LogP contribution in [-0.2, 0) is 10.3 Å². The van der Waals surface area contributed by atoms with Crippen molar-refractivity contribution >= 4 is 17.8 Å². The second kappa shape index (κ2) is 8.02. The molecule has 5 rings (SSSR count). The number of hydrogen-bond acceptors (Lipinski definition) is 5. The van der Waals surface area contributed by atoms with Gasteiger partial charge < -0.3 is 15.4 Å². The monoisotopic (exact) mass is 454 g/mol. The third kappa shape index (κ3) is 3.41. The number of aliphatic imine (C=N–C) groups is 1. The Hall–Kier alpha value is -4.13. The molecule has 34 heavy (non-hydrogen) atoms. The summed E-state index contributed by atoms with van der Waals surface area (Å²) in [6, 6.07) is 23.1. The molecule has 7 heteroatoms. The number of benzene rings is 3. The standard InChI is InChI=1S/C27H26N4O3/c1-30(2)24(32)19-11-9-17(10-12-19)20-13-14-22-21(15-20)27(25(33)31(3)26(28)29-27)16-23(34-22)18-7-5-4-6-8-18/h4-15,23H,16H2,1-3H3,(H2,28,29). The number of ether oxygens (including phenoxy) is 1. The molecule has 3 aromatic carbocycles. The smallest absolute Gasteiger partial charge is 0.261 e. The van der Waals surface area contributed by atoms with Crippen molar-refractivity contribution in [3.8, 4) is 16.9 Å². The Labute approximate surface area is 198 Å². The molecule has 2 aliphatic rings. The van der Waals surface area contributed by atoms with Crippen LogP contribution in [0.3, 0.4) is 0 Å². The van der Waals surface area contributed by atoms with E-state index in [0.717, 1.165) is 16.7 Å². The van der Waals surface area contributed by atoms with Gasteiger partial charge in [0.05, 0.1) is 0 Å². The minimum Gasteiger partial charge on any atom is -0.485 e. The third-order valence-electron chi connectivity index (χ3n) is 6.53. The van der Waals surface area contributed by atoms with Crippen molar-refractivity contribution in [1.82, 2.24) is 9.80 Å². The van der Waals surface area contributed by atoms with Gasteiger partial charge in [-0.3, -0.25) is 14.5 Å². The Bertz CT molecular complexity index is 1300. The zero-order valence-electron chi connectivity index (χ0n) is 19.4. The molecule has 2 amide bonds. The van der Waals surface area contributed by atoms with Gasteiger partial charge in [-0.25, -0.2) is 4.99 Å². The quantitative estimate of drug-likeness (QED) is 0.656. The Morgan fingerprint density at radius 2 is 1.74 bits per heavy atom. The molecular formula is C27H26N4O3. The lowest BCUT2D eigenvalue weighted by Crippen LogP contribution is -2.43. The average molecular weight is 455 g/mol. The van der Waals surface area contributed by atoms with Gasteiger partial charge in [0.2, 0.25) is 0 Å². The van der Waals surface area contributed by atoms with Crippen molar-refractivity contribution < 1.29 is 14.3 Å². The Balaban J connectivity index is 1.59. The predicted molar refractivity (Wildman–Crippen MR) is 130 cm³/mol. The maximum atomic E-state index is 13.5. The highest BCUT2D eigenvalue weighted by molar-refractivity contribution is 6.07. The van der Waals surface area contributed by atoms with Crippen LogP contribution in [0.15, 0.2) is 77.8 Å². The van der Waals surface area contributed by atoms with Gasteiger partial charge in [0, 0.05) is 38.7 Å². The molecule has 0 saturated heterocycles. The van der Waals surface area contributed by atoms with Crippen molar-refractivity contribution in [3.05, 3.63) is 89.5 Å². The van der Waals surface area contributed by atoms with Gasteiger partial charge in [0.15, 0.2) is 11.5 Å². The number of carbonyl (C=O) groups is 2. The Morgan fingerprint density at radius 3 is 2.35 bits per heavy atom. The molecule has 2 aliphatic heterocycles. The first-order valence-corrected chi connectivity index (χ1v) is 11.1. The average Bonchev–Trinajstić information content (AvgIpc) is 3.07. The number of nitrogens with zero attached hydrogens (tertiary/aromatic N) is 3. The lowest BCUT2D eigenvalue weighted by atomic mass is 9.79. The predicted octanol–water partition coefficient (Wildman–Crippen LogP) is 3.56. The number of carbonyl (C=O) groups excluding carboxylic acids is 2. The van der Waals surface area contributed by atoms with E-state index in [0.29, 0.717) is 23.3 Å². The fourth-order valence-electron chi connectivity index (χ4n) is 4.63. The molecule has 0 aliphatic carbocycles. The lowest BCUT2D eigenvalue weighted by molar-refractivity contribution is -0.132. The van der Waals surface area contributed by atoms with Gasteiger partial charge in [-0.1, -0.05) is 48.5 Å². The molecule has 2 heterocycles. The molecule has 2 atom stereocenters. The third-order valence-corrected chi connectivity index (χ3v) is 6.53. The van der Waals surface area contributed by atoms with Crippen molar-refractivity contribution in [2.24, 2.45) is 10.7 Å². The van der Waals surface area contributed by atoms with E-state index in [1.54, 1.807) is 38.2 Å². The molecule has 0 saturated carbocycles. The van der Waals surface area contributed by atoms with E-state index in [1.165, 1.54) is 4.90 Å². The van der Waals surface area contributed by atoms with E-state index in [9.17, 15) is 9.59 Å². The molecule has 172 valence electrons. The van der Waals surface area contributed by atoms with E-state index in [2.05, 4.69) is 0 Å². The molecular weight excluding hydrogens is 428 g/mol. The summed E-state index contributed by atoms with van der Waals surface area (Å²) in [4.78, 5) is 33.4. The molecule has 2 N–H and O–H groups in total. The van der Waals surface area contributed by atoms with E-state index in [-0.39, 0.29) is 23.9 Å². The molecule has 0 aromatic heterocycles. The number of nitrogens with two attached hydrogens (primary N) is 1. The van der Waals surface area contributed by atoms with Crippen LogP contribution in [0.25, 0.3) is 11.1 Å². The van der Waals surface area contributed by atoms with Gasteiger partial charge in [0.1, 0.15) is 11.9 Å². The minimum absolute atomic E-state index is 0.0549. The summed E-state index contributed by atoms with van der Waals surface area (Å²) in [5.41, 5.74) is 9.08. The molecule has 3 aromatic rings. The van der Waals surface area contributed by atoms with Crippen LogP contribution in [0.2, 0.25) is 0 Å². The highest BCUT2D eigenvalue weighted by Crippen LogP contribution is 2.50. The van der Waals surface area contributed by atoms with E-state index >= 15 is 0 Å². The van der Waals surface area contributed by atoms with Crippen LogP contribution in [0.1, 0.15) is 34.0 Å². The van der Waals surface area contributed by atoms with Gasteiger partial charge in [-0.2, -0.15) is 0 Å². The summed E-state index contributed by atoms with van der Waals surface area (Å²) < 4.78 is 6.36. The number of amides is 2. The molecule has 1 spiro atoms. The second-order valence-electron chi connectivity index (χ2n) is 8.90. The number of rotatable bonds is 3. The van der Waals surface area contributed by atoms with Crippen LogP contribution in [0.4, 0.5) is 0 Å². The lowest BCUT2D eigenvalue weighted by Gasteiger charge is -2.37. The van der Waals surface area contributed by atoms with Gasteiger partial charge in [-0.05, 0) is 41.0 Å². The molecule has 0 bridgehead atoms. The van der Waals surface area contributed by atoms with Crippen LogP contribution in [-0.4, -0.2) is 48.7 Å². The number of fused-ring (bicyclic) bond motifs is 2.